The smallest absolute Gasteiger partial charge is 0.342 e. The number of nitrogens with zero attached hydrogens (tertiary/aromatic N) is 2. The normalized spacial score (nSPS) is 11.9. The van der Waals surface area contributed by atoms with Crippen LogP contribution in [0.4, 0.5) is 0 Å². The fraction of sp³-hybridized carbons (Fsp3) is 0.250. The number of rotatable bonds is 6. The van der Waals surface area contributed by atoms with Gasteiger partial charge >= 0.3 is 5.97 Å². The Morgan fingerprint density at radius 3 is 2.71 bits per heavy atom. The van der Waals surface area contributed by atoms with E-state index in [9.17, 15) is 9.59 Å². The molecule has 0 spiro atoms. The molecule has 0 fully saturated rings. The lowest BCUT2D eigenvalue weighted by Crippen LogP contribution is -2.33. The molecule has 2 aromatic carbocycles. The van der Waals surface area contributed by atoms with E-state index < -0.39 is 5.97 Å². The van der Waals surface area contributed by atoms with Crippen molar-refractivity contribution in [1.29, 1.82) is 0 Å². The Kier molecular flexibility index (Phi) is 6.16. The number of aromatic nitrogens is 1. The number of amides is 1. The highest BCUT2D eigenvalue weighted by molar-refractivity contribution is 7.18. The molecule has 1 aromatic heterocycles. The average molecular weight is 419 g/mol. The van der Waals surface area contributed by atoms with Gasteiger partial charge in [0.15, 0.2) is 6.61 Å². The summed E-state index contributed by atoms with van der Waals surface area (Å²) in [4.78, 5) is 30.9. The molecule has 3 rings (SSSR count). The Balaban J connectivity index is 1.65. The zero-order valence-corrected chi connectivity index (χ0v) is 17.2. The molecule has 28 heavy (non-hydrogen) atoms. The largest absolute Gasteiger partial charge is 0.496 e. The molecule has 0 aliphatic rings. The second-order valence-corrected chi connectivity index (χ2v) is 7.62. The zero-order valence-electron chi connectivity index (χ0n) is 15.6. The molecule has 6 nitrogen and oxygen atoms in total. The first kappa shape index (κ1) is 20.1. The van der Waals surface area contributed by atoms with Gasteiger partial charge in [0.2, 0.25) is 0 Å². The van der Waals surface area contributed by atoms with Crippen LogP contribution in [0.25, 0.3) is 10.2 Å². The van der Waals surface area contributed by atoms with E-state index in [1.165, 1.54) is 29.4 Å². The predicted octanol–water partition coefficient (Wildman–Crippen LogP) is 4.33. The van der Waals surface area contributed by atoms with Crippen LogP contribution in [-0.4, -0.2) is 42.5 Å². The quantitative estimate of drug-likeness (QED) is 0.557. The lowest BCUT2D eigenvalue weighted by molar-refractivity contribution is -0.135. The number of ether oxygens (including phenoxy) is 2. The number of carbonyl (C=O) groups excluding carboxylic acids is 2. The van der Waals surface area contributed by atoms with E-state index in [-0.39, 0.29) is 24.1 Å². The Hall–Kier alpha value is -2.64. The third-order valence-corrected chi connectivity index (χ3v) is 5.79. The molecule has 3 aromatic rings. The van der Waals surface area contributed by atoms with Gasteiger partial charge in [-0.2, -0.15) is 0 Å². The monoisotopic (exact) mass is 418 g/mol. The first-order valence-corrected chi connectivity index (χ1v) is 9.72. The van der Waals surface area contributed by atoms with Crippen molar-refractivity contribution < 1.29 is 19.1 Å². The molecular weight excluding hydrogens is 400 g/mol. The van der Waals surface area contributed by atoms with Gasteiger partial charge in [0.05, 0.1) is 23.4 Å². The molecule has 0 aliphatic heterocycles. The summed E-state index contributed by atoms with van der Waals surface area (Å²) in [5.41, 5.74) is 1.07. The topological polar surface area (TPSA) is 68.7 Å². The number of halogens is 1. The lowest BCUT2D eigenvalue weighted by atomic mass is 10.2. The van der Waals surface area contributed by atoms with Gasteiger partial charge in [-0.05, 0) is 37.3 Å². The summed E-state index contributed by atoms with van der Waals surface area (Å²) in [5.74, 6) is -0.673. The Bertz CT molecular complexity index is 987. The molecule has 0 saturated carbocycles. The van der Waals surface area contributed by atoms with Gasteiger partial charge in [0.1, 0.15) is 16.3 Å². The lowest BCUT2D eigenvalue weighted by Gasteiger charge is -2.23. The zero-order chi connectivity index (χ0) is 20.3. The van der Waals surface area contributed by atoms with Crippen LogP contribution >= 0.6 is 22.9 Å². The van der Waals surface area contributed by atoms with Gasteiger partial charge in [-0.1, -0.05) is 23.7 Å². The van der Waals surface area contributed by atoms with Crippen LogP contribution in [0.1, 0.15) is 28.3 Å². The van der Waals surface area contributed by atoms with E-state index in [4.69, 9.17) is 21.1 Å². The number of esters is 1. The van der Waals surface area contributed by atoms with Crippen molar-refractivity contribution in [3.63, 3.8) is 0 Å². The Labute approximate surface area is 171 Å². The minimum atomic E-state index is -0.672. The number of thiazole rings is 1. The maximum atomic E-state index is 12.5. The predicted molar refractivity (Wildman–Crippen MR) is 109 cm³/mol. The van der Waals surface area contributed by atoms with Crippen molar-refractivity contribution in [2.75, 3.05) is 20.8 Å². The highest BCUT2D eigenvalue weighted by Gasteiger charge is 2.23. The summed E-state index contributed by atoms with van der Waals surface area (Å²) in [5, 5.41) is 1.19. The van der Waals surface area contributed by atoms with Gasteiger partial charge in [-0.3, -0.25) is 4.79 Å². The van der Waals surface area contributed by atoms with E-state index in [1.54, 1.807) is 19.2 Å². The Morgan fingerprint density at radius 2 is 2.00 bits per heavy atom. The first-order chi connectivity index (χ1) is 13.4. The maximum Gasteiger partial charge on any atom is 0.342 e. The molecule has 1 amide bonds. The summed E-state index contributed by atoms with van der Waals surface area (Å²) in [6, 6.07) is 12.2. The highest BCUT2D eigenvalue weighted by Crippen LogP contribution is 2.29. The SMILES string of the molecule is COc1ccc(Cl)cc1C(=O)OCC(=O)N(C)[C@@H](C)c1nc2ccccc2s1. The fourth-order valence-corrected chi connectivity index (χ4v) is 3.83. The summed E-state index contributed by atoms with van der Waals surface area (Å²) in [6.07, 6.45) is 0. The van der Waals surface area contributed by atoms with E-state index in [0.29, 0.717) is 10.8 Å². The van der Waals surface area contributed by atoms with Crippen LogP contribution in [-0.2, 0) is 9.53 Å². The highest BCUT2D eigenvalue weighted by atomic mass is 35.5. The van der Waals surface area contributed by atoms with Crippen molar-refractivity contribution in [1.82, 2.24) is 9.88 Å². The van der Waals surface area contributed by atoms with Gasteiger partial charge < -0.3 is 14.4 Å². The minimum absolute atomic E-state index is 0.171. The first-order valence-electron chi connectivity index (χ1n) is 8.52. The van der Waals surface area contributed by atoms with E-state index in [1.807, 2.05) is 31.2 Å². The van der Waals surface area contributed by atoms with Crippen LogP contribution in [0.2, 0.25) is 5.02 Å². The molecule has 1 heterocycles. The van der Waals surface area contributed by atoms with Gasteiger partial charge in [0.25, 0.3) is 5.91 Å². The fourth-order valence-electron chi connectivity index (χ4n) is 2.60. The summed E-state index contributed by atoms with van der Waals surface area (Å²) < 4.78 is 11.4. The van der Waals surface area contributed by atoms with Crippen molar-refractivity contribution in [3.05, 3.63) is 58.1 Å². The molecule has 1 atom stereocenters. The molecule has 0 unspecified atom stereocenters. The van der Waals surface area contributed by atoms with Crippen molar-refractivity contribution in [2.45, 2.75) is 13.0 Å². The Morgan fingerprint density at radius 1 is 1.25 bits per heavy atom. The number of likely N-dealkylation sites (N-methyl/N-ethyl adjacent to an activating group) is 1. The van der Waals surface area contributed by atoms with Crippen molar-refractivity contribution in [3.8, 4) is 5.75 Å². The van der Waals surface area contributed by atoms with E-state index in [2.05, 4.69) is 4.98 Å². The number of para-hydroxylation sites is 1. The number of hydrogen-bond acceptors (Lipinski definition) is 6. The third kappa shape index (κ3) is 4.26. The van der Waals surface area contributed by atoms with Crippen LogP contribution in [0, 0.1) is 0 Å². The molecule has 0 radical (unpaired) electrons. The number of hydrogen-bond donors (Lipinski definition) is 0. The average Bonchev–Trinajstić information content (AvgIpc) is 3.14. The summed E-state index contributed by atoms with van der Waals surface area (Å²) >= 11 is 7.46. The van der Waals surface area contributed by atoms with Gasteiger partial charge in [-0.15, -0.1) is 11.3 Å². The second kappa shape index (κ2) is 8.58. The van der Waals surface area contributed by atoms with E-state index >= 15 is 0 Å². The standard InChI is InChI=1S/C20H19ClN2O4S/c1-12(19-22-15-6-4-5-7-17(15)28-19)23(2)18(24)11-27-20(25)14-10-13(21)8-9-16(14)26-3/h4-10,12H,11H2,1-3H3/t12-/m0/s1. The van der Waals surface area contributed by atoms with Crippen LogP contribution in [0.5, 0.6) is 5.75 Å². The van der Waals surface area contributed by atoms with E-state index in [0.717, 1.165) is 15.2 Å². The number of benzene rings is 2. The van der Waals surface area contributed by atoms with Gasteiger partial charge in [-0.25, -0.2) is 9.78 Å². The van der Waals surface area contributed by atoms with Crippen LogP contribution in [0.15, 0.2) is 42.5 Å². The van der Waals surface area contributed by atoms with Crippen molar-refractivity contribution >= 4 is 45.0 Å². The molecule has 8 heteroatoms. The number of methoxy groups -OCH3 is 1. The van der Waals surface area contributed by atoms with Crippen LogP contribution in [0.3, 0.4) is 0 Å². The molecule has 0 bridgehead atoms. The van der Waals surface area contributed by atoms with Gasteiger partial charge in [0, 0.05) is 12.1 Å². The molecule has 0 aliphatic carbocycles. The number of carbonyl (C=O) groups is 2. The molecule has 146 valence electrons. The maximum absolute atomic E-state index is 12.5. The summed E-state index contributed by atoms with van der Waals surface area (Å²) in [6.45, 7) is 1.50. The molecule has 0 N–H and O–H groups in total. The molecule has 0 saturated heterocycles. The van der Waals surface area contributed by atoms with Crippen LogP contribution < -0.4 is 4.74 Å². The van der Waals surface area contributed by atoms with Crippen molar-refractivity contribution in [2.24, 2.45) is 0 Å². The third-order valence-electron chi connectivity index (χ3n) is 4.35. The molecular formula is C20H19ClN2O4S. The second-order valence-electron chi connectivity index (χ2n) is 6.12. The minimum Gasteiger partial charge on any atom is -0.496 e. The number of fused-ring (bicyclic) bond motifs is 1. The summed E-state index contributed by atoms with van der Waals surface area (Å²) in [7, 11) is 3.10.